The van der Waals surface area contributed by atoms with Crippen LogP contribution in [0.3, 0.4) is 0 Å². The van der Waals surface area contributed by atoms with Gasteiger partial charge in [-0.2, -0.15) is 0 Å². The average molecular weight is 204 g/mol. The van der Waals surface area contributed by atoms with Gasteiger partial charge in [0.2, 0.25) is 11.1 Å². The van der Waals surface area contributed by atoms with E-state index >= 15 is 0 Å². The summed E-state index contributed by atoms with van der Waals surface area (Å²) in [5.74, 6) is -0.892. The highest BCUT2D eigenvalue weighted by molar-refractivity contribution is 6.66. The van der Waals surface area contributed by atoms with Gasteiger partial charge in [0.1, 0.15) is 0 Å². The molecule has 0 fully saturated rings. The maximum absolute atomic E-state index is 5.94. The molecule has 5 nitrogen and oxygen atoms in total. The zero-order valence-electron chi connectivity index (χ0n) is 7.93. The lowest BCUT2D eigenvalue weighted by atomic mass is 9.88. The van der Waals surface area contributed by atoms with Crippen LogP contribution >= 0.6 is 11.6 Å². The van der Waals surface area contributed by atoms with E-state index in [0.717, 1.165) is 0 Å². The van der Waals surface area contributed by atoms with Crippen LogP contribution in [-0.4, -0.2) is 17.0 Å². The van der Waals surface area contributed by atoms with Gasteiger partial charge in [-0.25, -0.2) is 9.98 Å². The van der Waals surface area contributed by atoms with Crippen molar-refractivity contribution >= 4 is 22.9 Å². The lowest BCUT2D eigenvalue weighted by Gasteiger charge is -2.36. The molecule has 1 heterocycles. The zero-order valence-corrected chi connectivity index (χ0v) is 8.68. The highest BCUT2D eigenvalue weighted by Crippen LogP contribution is 2.31. The predicted octanol–water partition coefficient (Wildman–Crippen LogP) is 0.158. The van der Waals surface area contributed by atoms with Crippen LogP contribution in [0.1, 0.15) is 20.8 Å². The van der Waals surface area contributed by atoms with Gasteiger partial charge >= 0.3 is 0 Å². The Balaban J connectivity index is 3.09. The first-order valence-corrected chi connectivity index (χ1v) is 4.29. The van der Waals surface area contributed by atoms with E-state index in [9.17, 15) is 0 Å². The van der Waals surface area contributed by atoms with Crippen molar-refractivity contribution in [1.82, 2.24) is 5.32 Å². The summed E-state index contributed by atoms with van der Waals surface area (Å²) in [6.07, 6.45) is 0. The van der Waals surface area contributed by atoms with Gasteiger partial charge in [-0.1, -0.05) is 20.8 Å². The van der Waals surface area contributed by atoms with Gasteiger partial charge in [-0.05, 0) is 11.6 Å². The lowest BCUT2D eigenvalue weighted by Crippen LogP contribution is -2.55. The Morgan fingerprint density at radius 2 is 1.92 bits per heavy atom. The molecular formula is C7H14ClN5. The van der Waals surface area contributed by atoms with Crippen molar-refractivity contribution in [1.29, 1.82) is 0 Å². The van der Waals surface area contributed by atoms with Crippen LogP contribution in [0.5, 0.6) is 0 Å². The molecule has 74 valence electrons. The van der Waals surface area contributed by atoms with E-state index < -0.39 is 5.79 Å². The van der Waals surface area contributed by atoms with E-state index in [0.29, 0.717) is 0 Å². The fourth-order valence-electron chi connectivity index (χ4n) is 0.855. The molecule has 0 aromatic rings. The minimum Gasteiger partial charge on any atom is -0.370 e. The average Bonchev–Trinajstić information content (AvgIpc) is 1.79. The summed E-state index contributed by atoms with van der Waals surface area (Å²) >= 11 is 5.70. The second-order valence-electron chi connectivity index (χ2n) is 4.00. The Hall–Kier alpha value is -0.810. The van der Waals surface area contributed by atoms with E-state index in [1.165, 1.54) is 0 Å². The Morgan fingerprint density at radius 1 is 1.38 bits per heavy atom. The quantitative estimate of drug-likeness (QED) is 0.490. The first kappa shape index (κ1) is 10.3. The van der Waals surface area contributed by atoms with Crippen LogP contribution in [0.25, 0.3) is 0 Å². The zero-order chi connectivity index (χ0) is 10.3. The molecule has 5 N–H and O–H groups in total. The van der Waals surface area contributed by atoms with Gasteiger partial charge in [0.05, 0.1) is 0 Å². The maximum Gasteiger partial charge on any atom is 0.213 e. The Kier molecular flexibility index (Phi) is 2.25. The summed E-state index contributed by atoms with van der Waals surface area (Å²) in [4.78, 5) is 8.04. The van der Waals surface area contributed by atoms with Crippen molar-refractivity contribution in [2.24, 2.45) is 26.9 Å². The van der Waals surface area contributed by atoms with Gasteiger partial charge in [0, 0.05) is 5.41 Å². The number of hydrogen-bond donors (Lipinski definition) is 3. The molecule has 0 saturated heterocycles. The summed E-state index contributed by atoms with van der Waals surface area (Å²) in [7, 11) is 0. The summed E-state index contributed by atoms with van der Waals surface area (Å²) < 4.78 is 0. The predicted molar refractivity (Wildman–Crippen MR) is 54.4 cm³/mol. The van der Waals surface area contributed by atoms with Crippen molar-refractivity contribution in [2.45, 2.75) is 26.6 Å². The molecule has 1 atom stereocenters. The van der Waals surface area contributed by atoms with Crippen molar-refractivity contribution < 1.29 is 0 Å². The molecule has 13 heavy (non-hydrogen) atoms. The van der Waals surface area contributed by atoms with E-state index in [1.807, 2.05) is 20.8 Å². The molecule has 6 heteroatoms. The van der Waals surface area contributed by atoms with Gasteiger partial charge in [0.15, 0.2) is 5.96 Å². The Labute approximate surface area is 82.2 Å². The van der Waals surface area contributed by atoms with Crippen molar-refractivity contribution in [3.05, 3.63) is 0 Å². The third-order valence-electron chi connectivity index (χ3n) is 1.89. The number of hydrogen-bond acceptors (Lipinski definition) is 5. The molecule has 0 bridgehead atoms. The lowest BCUT2D eigenvalue weighted by molar-refractivity contribution is 0.204. The fourth-order valence-corrected chi connectivity index (χ4v) is 1.08. The number of rotatable bonds is 0. The molecule has 0 aliphatic carbocycles. The Bertz CT molecular complexity index is 257. The van der Waals surface area contributed by atoms with Gasteiger partial charge in [0.25, 0.3) is 0 Å². The normalized spacial score (nSPS) is 29.0. The van der Waals surface area contributed by atoms with Gasteiger partial charge in [-0.3, -0.25) is 5.73 Å². The number of nitrogens with two attached hydrogens (primary N) is 2. The standard InChI is InChI=1S/C7H14ClN5/c1-6(2,3)7(10)12-4(8)11-5(9)13-7/h10H2,1-3H3,(H3,9,11,12,13). The minimum absolute atomic E-state index is 0.171. The van der Waals surface area contributed by atoms with E-state index in [2.05, 4.69) is 15.3 Å². The van der Waals surface area contributed by atoms with E-state index in [-0.39, 0.29) is 16.7 Å². The molecule has 1 aliphatic heterocycles. The topological polar surface area (TPSA) is 88.8 Å². The molecule has 1 unspecified atom stereocenters. The molecule has 0 aromatic heterocycles. The Morgan fingerprint density at radius 3 is 2.31 bits per heavy atom. The second kappa shape index (κ2) is 2.85. The molecular weight excluding hydrogens is 190 g/mol. The van der Waals surface area contributed by atoms with Crippen LogP contribution in [0.15, 0.2) is 9.98 Å². The third kappa shape index (κ3) is 1.92. The molecule has 0 radical (unpaired) electrons. The number of aliphatic imine (C=N–C) groups is 2. The number of nitrogens with one attached hydrogen (secondary N) is 1. The van der Waals surface area contributed by atoms with E-state index in [1.54, 1.807) is 0 Å². The molecule has 0 aromatic carbocycles. The van der Waals surface area contributed by atoms with Crippen LogP contribution in [0.4, 0.5) is 0 Å². The second-order valence-corrected chi connectivity index (χ2v) is 4.36. The van der Waals surface area contributed by atoms with Crippen LogP contribution in [-0.2, 0) is 0 Å². The molecule has 0 amide bonds. The van der Waals surface area contributed by atoms with Gasteiger partial charge < -0.3 is 11.1 Å². The summed E-state index contributed by atoms with van der Waals surface area (Å²) in [6.45, 7) is 5.76. The van der Waals surface area contributed by atoms with Crippen LogP contribution in [0.2, 0.25) is 0 Å². The summed E-state index contributed by atoms with van der Waals surface area (Å²) in [6, 6.07) is 0. The molecule has 0 saturated carbocycles. The van der Waals surface area contributed by atoms with Gasteiger partial charge in [-0.15, -0.1) is 0 Å². The first-order valence-electron chi connectivity index (χ1n) is 3.91. The minimum atomic E-state index is -1.08. The van der Waals surface area contributed by atoms with Crippen molar-refractivity contribution in [3.8, 4) is 0 Å². The fraction of sp³-hybridized carbons (Fsp3) is 0.714. The number of guanidine groups is 1. The highest BCUT2D eigenvalue weighted by Gasteiger charge is 2.40. The van der Waals surface area contributed by atoms with E-state index in [4.69, 9.17) is 23.1 Å². The number of amidine groups is 1. The first-order chi connectivity index (χ1) is 5.74. The molecule has 1 rings (SSSR count). The monoisotopic (exact) mass is 203 g/mol. The van der Waals surface area contributed by atoms with Crippen LogP contribution in [0, 0.1) is 5.41 Å². The molecule has 0 spiro atoms. The van der Waals surface area contributed by atoms with Crippen molar-refractivity contribution in [2.75, 3.05) is 0 Å². The van der Waals surface area contributed by atoms with Crippen LogP contribution < -0.4 is 16.8 Å². The smallest absolute Gasteiger partial charge is 0.213 e. The SMILES string of the molecule is CC(C)(C)C1(N)N=C(N)NC(Cl)=N1. The highest BCUT2D eigenvalue weighted by atomic mass is 35.5. The largest absolute Gasteiger partial charge is 0.370 e. The number of halogens is 1. The summed E-state index contributed by atoms with van der Waals surface area (Å²) in [5, 5.41) is 2.74. The molecule has 1 aliphatic rings. The maximum atomic E-state index is 5.94. The third-order valence-corrected chi connectivity index (χ3v) is 2.07. The number of nitrogens with zero attached hydrogens (tertiary/aromatic N) is 2. The van der Waals surface area contributed by atoms with Crippen molar-refractivity contribution in [3.63, 3.8) is 0 Å². The summed E-state index contributed by atoms with van der Waals surface area (Å²) in [5.41, 5.74) is 11.1.